The molecule has 1 saturated heterocycles. The van der Waals surface area contributed by atoms with Crippen LogP contribution in [0.3, 0.4) is 0 Å². The molecule has 1 aromatic heterocycles. The molecule has 19 heavy (non-hydrogen) atoms. The Balaban J connectivity index is 2.09. The topological polar surface area (TPSA) is 49.2 Å². The van der Waals surface area contributed by atoms with E-state index < -0.39 is 0 Å². The largest absolute Gasteiger partial charge is 0.378 e. The molecule has 0 unspecified atom stereocenters. The molecule has 3 rings (SSSR count). The molecule has 0 spiro atoms. The van der Waals surface area contributed by atoms with Crippen molar-refractivity contribution >= 4 is 16.7 Å². The van der Waals surface area contributed by atoms with Gasteiger partial charge in [0.2, 0.25) is 0 Å². The van der Waals surface area contributed by atoms with Crippen LogP contribution in [0, 0.1) is 11.3 Å². The Morgan fingerprint density at radius 2 is 2.05 bits per heavy atom. The van der Waals surface area contributed by atoms with Gasteiger partial charge in [0.25, 0.3) is 0 Å². The lowest BCUT2D eigenvalue weighted by Crippen LogP contribution is -2.37. The fourth-order valence-electron chi connectivity index (χ4n) is 2.41. The van der Waals surface area contributed by atoms with E-state index in [-0.39, 0.29) is 0 Å². The molecular formula is C15H15N3O. The van der Waals surface area contributed by atoms with Crippen LogP contribution in [0.5, 0.6) is 0 Å². The minimum absolute atomic E-state index is 0.393. The van der Waals surface area contributed by atoms with Crippen molar-refractivity contribution in [3.05, 3.63) is 35.9 Å². The van der Waals surface area contributed by atoms with E-state index in [1.807, 2.05) is 24.3 Å². The maximum Gasteiger partial charge on any atom is 0.133 e. The number of para-hydroxylation sites is 1. The average molecular weight is 253 g/mol. The number of aromatic nitrogens is 1. The van der Waals surface area contributed by atoms with Gasteiger partial charge in [-0.3, -0.25) is 0 Å². The van der Waals surface area contributed by atoms with Crippen LogP contribution < -0.4 is 4.90 Å². The zero-order valence-corrected chi connectivity index (χ0v) is 10.7. The quantitative estimate of drug-likeness (QED) is 0.822. The summed E-state index contributed by atoms with van der Waals surface area (Å²) in [6.07, 6.45) is 0.393. The highest BCUT2D eigenvalue weighted by Gasteiger charge is 2.16. The van der Waals surface area contributed by atoms with Gasteiger partial charge in [0.1, 0.15) is 5.82 Å². The predicted octanol–water partition coefficient (Wildman–Crippen LogP) is 2.14. The van der Waals surface area contributed by atoms with Crippen molar-refractivity contribution in [1.82, 2.24) is 4.98 Å². The van der Waals surface area contributed by atoms with Gasteiger partial charge >= 0.3 is 0 Å². The number of hydrogen-bond acceptors (Lipinski definition) is 4. The maximum absolute atomic E-state index is 8.99. The standard InChI is InChI=1S/C15H15N3O/c16-6-5-13-11-12-3-1-2-4-14(12)17-15(13)18-7-9-19-10-8-18/h1-4,11H,5,7-10H2. The molecule has 1 aliphatic heterocycles. The summed E-state index contributed by atoms with van der Waals surface area (Å²) in [6, 6.07) is 12.3. The summed E-state index contributed by atoms with van der Waals surface area (Å²) in [6.45, 7) is 3.12. The normalized spacial score (nSPS) is 15.4. The predicted molar refractivity (Wildman–Crippen MR) is 74.1 cm³/mol. The summed E-state index contributed by atoms with van der Waals surface area (Å²) in [5.74, 6) is 0.934. The maximum atomic E-state index is 8.99. The molecule has 1 aromatic carbocycles. The zero-order chi connectivity index (χ0) is 13.1. The van der Waals surface area contributed by atoms with Crippen LogP contribution in [-0.2, 0) is 11.2 Å². The van der Waals surface area contributed by atoms with Gasteiger partial charge in [-0.25, -0.2) is 4.98 Å². The minimum Gasteiger partial charge on any atom is -0.378 e. The molecule has 0 aliphatic carbocycles. The van der Waals surface area contributed by atoms with Crippen LogP contribution in [0.25, 0.3) is 10.9 Å². The summed E-state index contributed by atoms with van der Waals surface area (Å²) in [5, 5.41) is 10.1. The van der Waals surface area contributed by atoms with Crippen molar-refractivity contribution in [1.29, 1.82) is 5.26 Å². The van der Waals surface area contributed by atoms with Crippen molar-refractivity contribution in [2.45, 2.75) is 6.42 Å². The highest BCUT2D eigenvalue weighted by atomic mass is 16.5. The molecule has 0 bridgehead atoms. The first-order valence-electron chi connectivity index (χ1n) is 6.47. The minimum atomic E-state index is 0.393. The van der Waals surface area contributed by atoms with Crippen LogP contribution in [0.1, 0.15) is 5.56 Å². The number of anilines is 1. The molecule has 4 nitrogen and oxygen atoms in total. The fraction of sp³-hybridized carbons (Fsp3) is 0.333. The molecule has 2 aromatic rings. The number of rotatable bonds is 2. The summed E-state index contributed by atoms with van der Waals surface area (Å²) in [7, 11) is 0. The third-order valence-electron chi connectivity index (χ3n) is 3.36. The van der Waals surface area contributed by atoms with Gasteiger partial charge in [0, 0.05) is 24.0 Å². The van der Waals surface area contributed by atoms with Crippen LogP contribution in [0.4, 0.5) is 5.82 Å². The first kappa shape index (κ1) is 11.9. The third-order valence-corrected chi connectivity index (χ3v) is 3.36. The highest BCUT2D eigenvalue weighted by Crippen LogP contribution is 2.24. The number of nitrogens with zero attached hydrogens (tertiary/aromatic N) is 3. The van der Waals surface area contributed by atoms with E-state index in [0.29, 0.717) is 6.42 Å². The molecule has 0 amide bonds. The SMILES string of the molecule is N#CCc1cc2ccccc2nc1N1CCOCC1. The molecule has 0 radical (unpaired) electrons. The van der Waals surface area contributed by atoms with Crippen molar-refractivity contribution in [2.24, 2.45) is 0 Å². The number of nitriles is 1. The van der Waals surface area contributed by atoms with Gasteiger partial charge in [-0.1, -0.05) is 18.2 Å². The van der Waals surface area contributed by atoms with E-state index >= 15 is 0 Å². The Morgan fingerprint density at radius 3 is 2.84 bits per heavy atom. The summed E-state index contributed by atoms with van der Waals surface area (Å²) in [5.41, 5.74) is 1.98. The average Bonchev–Trinajstić information content (AvgIpc) is 2.48. The van der Waals surface area contributed by atoms with Gasteiger partial charge in [-0.05, 0) is 12.1 Å². The number of pyridine rings is 1. The lowest BCUT2D eigenvalue weighted by Gasteiger charge is -2.29. The van der Waals surface area contributed by atoms with E-state index in [0.717, 1.165) is 48.6 Å². The summed E-state index contributed by atoms with van der Waals surface area (Å²) in [4.78, 5) is 6.95. The Labute approximate surface area is 112 Å². The zero-order valence-electron chi connectivity index (χ0n) is 10.7. The molecule has 96 valence electrons. The number of benzene rings is 1. The molecule has 0 saturated carbocycles. The molecule has 0 N–H and O–H groups in total. The first-order valence-corrected chi connectivity index (χ1v) is 6.47. The van der Waals surface area contributed by atoms with Crippen LogP contribution in [0.15, 0.2) is 30.3 Å². The summed E-state index contributed by atoms with van der Waals surface area (Å²) >= 11 is 0. The van der Waals surface area contributed by atoms with Gasteiger partial charge in [0.15, 0.2) is 0 Å². The number of fused-ring (bicyclic) bond motifs is 1. The number of hydrogen-bond donors (Lipinski definition) is 0. The number of morpholine rings is 1. The van der Waals surface area contributed by atoms with Crippen molar-refractivity contribution in [2.75, 3.05) is 31.2 Å². The monoisotopic (exact) mass is 253 g/mol. The van der Waals surface area contributed by atoms with Gasteiger partial charge in [-0.15, -0.1) is 0 Å². The lowest BCUT2D eigenvalue weighted by atomic mass is 10.1. The second-order valence-corrected chi connectivity index (χ2v) is 4.60. The van der Waals surface area contributed by atoms with Crippen molar-refractivity contribution in [3.63, 3.8) is 0 Å². The molecule has 1 aliphatic rings. The van der Waals surface area contributed by atoms with Gasteiger partial charge in [-0.2, -0.15) is 5.26 Å². The summed E-state index contributed by atoms with van der Waals surface area (Å²) < 4.78 is 5.37. The Kier molecular flexibility index (Phi) is 3.30. The fourth-order valence-corrected chi connectivity index (χ4v) is 2.41. The van der Waals surface area contributed by atoms with Gasteiger partial charge < -0.3 is 9.64 Å². The van der Waals surface area contributed by atoms with E-state index in [9.17, 15) is 0 Å². The van der Waals surface area contributed by atoms with E-state index in [4.69, 9.17) is 15.0 Å². The van der Waals surface area contributed by atoms with Crippen molar-refractivity contribution in [3.8, 4) is 6.07 Å². The molecule has 1 fully saturated rings. The van der Waals surface area contributed by atoms with Crippen LogP contribution in [0.2, 0.25) is 0 Å². The third kappa shape index (κ3) is 2.38. The van der Waals surface area contributed by atoms with E-state index in [2.05, 4.69) is 17.0 Å². The van der Waals surface area contributed by atoms with Crippen LogP contribution in [-0.4, -0.2) is 31.3 Å². The lowest BCUT2D eigenvalue weighted by molar-refractivity contribution is 0.122. The second-order valence-electron chi connectivity index (χ2n) is 4.60. The van der Waals surface area contributed by atoms with E-state index in [1.54, 1.807) is 0 Å². The van der Waals surface area contributed by atoms with Crippen LogP contribution >= 0.6 is 0 Å². The highest BCUT2D eigenvalue weighted by molar-refractivity contribution is 5.82. The van der Waals surface area contributed by atoms with Crippen molar-refractivity contribution < 1.29 is 4.74 Å². The Bertz CT molecular complexity index is 627. The first-order chi connectivity index (χ1) is 9.38. The molecule has 2 heterocycles. The molecule has 0 atom stereocenters. The van der Waals surface area contributed by atoms with E-state index in [1.165, 1.54) is 0 Å². The molecule has 4 heteroatoms. The number of ether oxygens (including phenoxy) is 1. The molecular weight excluding hydrogens is 238 g/mol. The van der Waals surface area contributed by atoms with Gasteiger partial charge in [0.05, 0.1) is 31.2 Å². The second kappa shape index (κ2) is 5.25. The Morgan fingerprint density at radius 1 is 1.26 bits per heavy atom. The smallest absolute Gasteiger partial charge is 0.133 e. The Hall–Kier alpha value is -2.12.